The fraction of sp³-hybridized carbons (Fsp3) is 0.412. The summed E-state index contributed by atoms with van der Waals surface area (Å²) in [6.45, 7) is 2.41. The average molecular weight is 283 g/mol. The van der Waals surface area contributed by atoms with Crippen molar-refractivity contribution in [3.63, 3.8) is 0 Å². The summed E-state index contributed by atoms with van der Waals surface area (Å²) in [6, 6.07) is 12.0. The molecule has 110 valence electrons. The number of hydrogen-bond acceptors (Lipinski definition) is 3. The van der Waals surface area contributed by atoms with Crippen LogP contribution < -0.4 is 5.32 Å². The summed E-state index contributed by atoms with van der Waals surface area (Å²) in [5, 5.41) is 12.0. The van der Waals surface area contributed by atoms with Crippen LogP contribution in [0.25, 0.3) is 0 Å². The van der Waals surface area contributed by atoms with Crippen molar-refractivity contribution in [2.24, 2.45) is 0 Å². The summed E-state index contributed by atoms with van der Waals surface area (Å²) in [4.78, 5) is 14.1. The van der Waals surface area contributed by atoms with Crippen molar-refractivity contribution < 1.29 is 4.79 Å². The lowest BCUT2D eigenvalue weighted by atomic mass is 10.1. The smallest absolute Gasteiger partial charge is 0.263 e. The molecule has 4 heteroatoms. The van der Waals surface area contributed by atoms with E-state index in [1.165, 1.54) is 12.0 Å². The number of amides is 1. The molecule has 1 aliphatic rings. The second-order valence-corrected chi connectivity index (χ2v) is 5.24. The first-order valence-electron chi connectivity index (χ1n) is 7.47. The van der Waals surface area contributed by atoms with E-state index >= 15 is 0 Å². The van der Waals surface area contributed by atoms with Crippen LogP contribution in [0.5, 0.6) is 0 Å². The number of nitrogens with zero attached hydrogens (tertiary/aromatic N) is 2. The summed E-state index contributed by atoms with van der Waals surface area (Å²) in [7, 11) is 0. The normalized spacial score (nSPS) is 15.4. The maximum Gasteiger partial charge on any atom is 0.263 e. The molecule has 1 heterocycles. The van der Waals surface area contributed by atoms with Crippen molar-refractivity contribution in [2.45, 2.75) is 25.7 Å². The van der Waals surface area contributed by atoms with E-state index < -0.39 is 0 Å². The predicted molar refractivity (Wildman–Crippen MR) is 82.3 cm³/mol. The number of likely N-dealkylation sites (tertiary alicyclic amines) is 1. The van der Waals surface area contributed by atoms with E-state index in [9.17, 15) is 4.79 Å². The highest BCUT2D eigenvalue weighted by atomic mass is 16.1. The summed E-state index contributed by atoms with van der Waals surface area (Å²) in [6.07, 6.45) is 5.97. The van der Waals surface area contributed by atoms with Gasteiger partial charge in [0.25, 0.3) is 5.91 Å². The Morgan fingerprint density at radius 3 is 2.62 bits per heavy atom. The third-order valence-electron chi connectivity index (χ3n) is 3.61. The number of hydrogen-bond donors (Lipinski definition) is 1. The van der Waals surface area contributed by atoms with Crippen molar-refractivity contribution >= 4 is 5.91 Å². The lowest BCUT2D eigenvalue weighted by molar-refractivity contribution is -0.117. The number of benzene rings is 1. The maximum atomic E-state index is 12.0. The van der Waals surface area contributed by atoms with Crippen LogP contribution in [-0.2, 0) is 11.2 Å². The molecular weight excluding hydrogens is 262 g/mol. The Bertz CT molecular complexity index is 525. The zero-order valence-corrected chi connectivity index (χ0v) is 12.2. The molecule has 1 aromatic carbocycles. The molecule has 0 unspecified atom stereocenters. The van der Waals surface area contributed by atoms with E-state index in [0.29, 0.717) is 6.54 Å². The second-order valence-electron chi connectivity index (χ2n) is 5.24. The van der Waals surface area contributed by atoms with Gasteiger partial charge in [0.1, 0.15) is 11.6 Å². The van der Waals surface area contributed by atoms with Crippen molar-refractivity contribution in [1.29, 1.82) is 5.26 Å². The average Bonchev–Trinajstić information content (AvgIpc) is 2.54. The molecule has 1 aromatic rings. The van der Waals surface area contributed by atoms with Gasteiger partial charge in [-0.05, 0) is 31.2 Å². The maximum absolute atomic E-state index is 12.0. The number of rotatable bonds is 5. The summed E-state index contributed by atoms with van der Waals surface area (Å²) >= 11 is 0. The third-order valence-corrected chi connectivity index (χ3v) is 3.61. The Morgan fingerprint density at radius 2 is 1.95 bits per heavy atom. The monoisotopic (exact) mass is 283 g/mol. The lowest BCUT2D eigenvalue weighted by Gasteiger charge is -2.25. The zero-order chi connectivity index (χ0) is 14.9. The van der Waals surface area contributed by atoms with Crippen LogP contribution in [0.1, 0.15) is 24.8 Å². The van der Waals surface area contributed by atoms with Crippen LogP contribution in [0.3, 0.4) is 0 Å². The minimum atomic E-state index is -0.279. The number of piperidine rings is 1. The summed E-state index contributed by atoms with van der Waals surface area (Å²) in [5.41, 5.74) is 1.38. The predicted octanol–water partition coefficient (Wildman–Crippen LogP) is 2.24. The number of nitriles is 1. The molecule has 1 saturated heterocycles. The van der Waals surface area contributed by atoms with Crippen molar-refractivity contribution in [1.82, 2.24) is 10.2 Å². The SMILES string of the molecule is N#C/C(=C/N1CCCCC1)C(=O)NCCc1ccccc1. The third kappa shape index (κ3) is 4.96. The molecule has 0 radical (unpaired) electrons. The molecular formula is C17H21N3O. The standard InChI is InChI=1S/C17H21N3O/c18-13-16(14-20-11-5-2-6-12-20)17(21)19-10-9-15-7-3-1-4-8-15/h1,3-4,7-8,14H,2,5-6,9-12H2,(H,19,21)/b16-14-. The Hall–Kier alpha value is -2.28. The van der Waals surface area contributed by atoms with E-state index in [2.05, 4.69) is 10.2 Å². The lowest BCUT2D eigenvalue weighted by Crippen LogP contribution is -2.30. The minimum Gasteiger partial charge on any atom is -0.376 e. The van der Waals surface area contributed by atoms with Crippen molar-refractivity contribution in [3.8, 4) is 6.07 Å². The topological polar surface area (TPSA) is 56.1 Å². The van der Waals surface area contributed by atoms with Crippen LogP contribution in [0.4, 0.5) is 0 Å². The van der Waals surface area contributed by atoms with Crippen LogP contribution in [0, 0.1) is 11.3 Å². The first kappa shape index (κ1) is 15.1. The molecule has 0 saturated carbocycles. The molecule has 1 amide bonds. The van der Waals surface area contributed by atoms with Crippen molar-refractivity contribution in [3.05, 3.63) is 47.7 Å². The van der Waals surface area contributed by atoms with Gasteiger partial charge in [-0.2, -0.15) is 5.26 Å². The van der Waals surface area contributed by atoms with Gasteiger partial charge in [0.2, 0.25) is 0 Å². The van der Waals surface area contributed by atoms with Gasteiger partial charge in [0, 0.05) is 25.8 Å². The van der Waals surface area contributed by atoms with E-state index in [0.717, 1.165) is 32.4 Å². The molecule has 1 fully saturated rings. The highest BCUT2D eigenvalue weighted by Crippen LogP contribution is 2.10. The molecule has 0 spiro atoms. The molecule has 0 bridgehead atoms. The Labute approximate surface area is 126 Å². The van der Waals surface area contributed by atoms with Gasteiger partial charge in [-0.1, -0.05) is 30.3 Å². The summed E-state index contributed by atoms with van der Waals surface area (Å²) < 4.78 is 0. The van der Waals surface area contributed by atoms with Gasteiger partial charge < -0.3 is 10.2 Å². The number of carbonyl (C=O) groups excluding carboxylic acids is 1. The first-order valence-corrected chi connectivity index (χ1v) is 7.47. The Kier molecular flexibility index (Phi) is 5.83. The fourth-order valence-electron chi connectivity index (χ4n) is 2.43. The van der Waals surface area contributed by atoms with E-state index in [-0.39, 0.29) is 11.5 Å². The van der Waals surface area contributed by atoms with E-state index in [1.54, 1.807) is 6.20 Å². The van der Waals surface area contributed by atoms with E-state index in [1.807, 2.05) is 36.4 Å². The van der Waals surface area contributed by atoms with Gasteiger partial charge in [0.05, 0.1) is 0 Å². The number of carbonyl (C=O) groups is 1. The van der Waals surface area contributed by atoms with Crippen LogP contribution in [0.15, 0.2) is 42.1 Å². The molecule has 21 heavy (non-hydrogen) atoms. The summed E-state index contributed by atoms with van der Waals surface area (Å²) in [5.74, 6) is -0.279. The first-order chi connectivity index (χ1) is 10.3. The minimum absolute atomic E-state index is 0.199. The van der Waals surface area contributed by atoms with Gasteiger partial charge in [-0.3, -0.25) is 4.79 Å². The van der Waals surface area contributed by atoms with Crippen LogP contribution >= 0.6 is 0 Å². The highest BCUT2D eigenvalue weighted by Gasteiger charge is 2.12. The molecule has 4 nitrogen and oxygen atoms in total. The Balaban J connectivity index is 1.82. The van der Waals surface area contributed by atoms with Gasteiger partial charge in [-0.15, -0.1) is 0 Å². The molecule has 0 aromatic heterocycles. The van der Waals surface area contributed by atoms with E-state index in [4.69, 9.17) is 5.26 Å². The van der Waals surface area contributed by atoms with Crippen molar-refractivity contribution in [2.75, 3.05) is 19.6 Å². The second kappa shape index (κ2) is 8.11. The zero-order valence-electron chi connectivity index (χ0n) is 12.2. The van der Waals surface area contributed by atoms with Gasteiger partial charge in [-0.25, -0.2) is 0 Å². The molecule has 1 aliphatic heterocycles. The number of nitrogens with one attached hydrogen (secondary N) is 1. The molecule has 0 aliphatic carbocycles. The van der Waals surface area contributed by atoms with Crippen LogP contribution in [-0.4, -0.2) is 30.4 Å². The fourth-order valence-corrected chi connectivity index (χ4v) is 2.43. The Morgan fingerprint density at radius 1 is 1.24 bits per heavy atom. The molecule has 2 rings (SSSR count). The molecule has 0 atom stereocenters. The van der Waals surface area contributed by atoms with Crippen LogP contribution in [0.2, 0.25) is 0 Å². The largest absolute Gasteiger partial charge is 0.376 e. The van der Waals surface area contributed by atoms with Gasteiger partial charge in [0.15, 0.2) is 0 Å². The van der Waals surface area contributed by atoms with Gasteiger partial charge >= 0.3 is 0 Å². The highest BCUT2D eigenvalue weighted by molar-refractivity contribution is 5.97. The quantitative estimate of drug-likeness (QED) is 0.666. The molecule has 1 N–H and O–H groups in total.